The van der Waals surface area contributed by atoms with E-state index in [1.165, 1.54) is 0 Å². The number of imidazole rings is 1. The molecule has 2 N–H and O–H groups in total. The highest BCUT2D eigenvalue weighted by Gasteiger charge is 2.17. The van der Waals surface area contributed by atoms with Crippen molar-refractivity contribution >= 4 is 27.8 Å². The lowest BCUT2D eigenvalue weighted by molar-refractivity contribution is 0.0952. The van der Waals surface area contributed by atoms with E-state index in [1.807, 2.05) is 54.2 Å². The van der Waals surface area contributed by atoms with Crippen LogP contribution in [-0.4, -0.2) is 25.4 Å². The van der Waals surface area contributed by atoms with Crippen molar-refractivity contribution in [3.05, 3.63) is 84.6 Å². The molecule has 29 heavy (non-hydrogen) atoms. The fraction of sp³-hybridized carbons (Fsp3) is 0.0870. The number of hydrogen-bond donors (Lipinski definition) is 2. The van der Waals surface area contributed by atoms with E-state index in [-0.39, 0.29) is 5.91 Å². The average Bonchev–Trinajstić information content (AvgIpc) is 3.39. The number of rotatable bonds is 4. The largest absolute Gasteiger partial charge is 0.361 e. The third-order valence-electron chi connectivity index (χ3n) is 5.14. The standard InChI is InChI=1S/C23H19N5O/c1-28-14-27-21-11-16(17-5-2-6-20-18(17)7-9-25-20)10-19(22(21)28)23(29)26-13-15-4-3-8-24-12-15/h2-12,14,25H,13H2,1H3,(H,26,29). The van der Waals surface area contributed by atoms with E-state index < -0.39 is 0 Å². The minimum atomic E-state index is -0.134. The summed E-state index contributed by atoms with van der Waals surface area (Å²) in [5, 5.41) is 4.12. The Balaban J connectivity index is 1.60. The number of pyridine rings is 1. The molecular weight excluding hydrogens is 362 g/mol. The second-order valence-corrected chi connectivity index (χ2v) is 7.04. The van der Waals surface area contributed by atoms with Gasteiger partial charge in [-0.15, -0.1) is 0 Å². The molecular formula is C23H19N5O. The molecule has 5 rings (SSSR count). The Bertz CT molecular complexity index is 1330. The molecule has 0 spiro atoms. The number of H-pyrrole nitrogens is 1. The van der Waals surface area contributed by atoms with E-state index in [0.717, 1.165) is 38.6 Å². The van der Waals surface area contributed by atoms with Gasteiger partial charge in [0.1, 0.15) is 0 Å². The van der Waals surface area contributed by atoms with Crippen molar-refractivity contribution in [2.24, 2.45) is 7.05 Å². The maximum absolute atomic E-state index is 13.1. The summed E-state index contributed by atoms with van der Waals surface area (Å²) in [5.41, 5.74) is 6.27. The first kappa shape index (κ1) is 17.2. The lowest BCUT2D eigenvalue weighted by Gasteiger charge is -2.11. The SMILES string of the molecule is Cn1cnc2cc(-c3cccc4[nH]ccc34)cc(C(=O)NCc3cccnc3)c21. The van der Waals surface area contributed by atoms with Crippen molar-refractivity contribution in [3.63, 3.8) is 0 Å². The molecule has 0 aliphatic carbocycles. The summed E-state index contributed by atoms with van der Waals surface area (Å²) in [7, 11) is 1.90. The molecule has 1 amide bonds. The highest BCUT2D eigenvalue weighted by molar-refractivity contribution is 6.08. The van der Waals surface area contributed by atoms with Crippen LogP contribution in [0.1, 0.15) is 15.9 Å². The molecule has 0 fully saturated rings. The van der Waals surface area contributed by atoms with Gasteiger partial charge in [-0.2, -0.15) is 0 Å². The molecule has 0 atom stereocenters. The normalized spacial score (nSPS) is 11.2. The van der Waals surface area contributed by atoms with Crippen molar-refractivity contribution in [2.45, 2.75) is 6.54 Å². The lowest BCUT2D eigenvalue weighted by Crippen LogP contribution is -2.23. The molecule has 0 aliphatic rings. The molecule has 142 valence electrons. The van der Waals surface area contributed by atoms with E-state index in [4.69, 9.17) is 0 Å². The minimum absolute atomic E-state index is 0.134. The molecule has 6 heteroatoms. The summed E-state index contributed by atoms with van der Waals surface area (Å²) < 4.78 is 1.88. The van der Waals surface area contributed by atoms with Gasteiger partial charge >= 0.3 is 0 Å². The predicted octanol–water partition coefficient (Wildman–Crippen LogP) is 4.05. The van der Waals surface area contributed by atoms with Gasteiger partial charge in [0.2, 0.25) is 0 Å². The molecule has 3 aromatic heterocycles. The van der Waals surface area contributed by atoms with Crippen molar-refractivity contribution < 1.29 is 4.79 Å². The van der Waals surface area contributed by atoms with Crippen LogP contribution in [0.5, 0.6) is 0 Å². The van der Waals surface area contributed by atoms with Crippen LogP contribution in [0.25, 0.3) is 33.1 Å². The second-order valence-electron chi connectivity index (χ2n) is 7.04. The predicted molar refractivity (Wildman–Crippen MR) is 113 cm³/mol. The minimum Gasteiger partial charge on any atom is -0.361 e. The third kappa shape index (κ3) is 3.04. The number of amides is 1. The summed E-state index contributed by atoms with van der Waals surface area (Å²) >= 11 is 0. The quantitative estimate of drug-likeness (QED) is 0.493. The summed E-state index contributed by atoms with van der Waals surface area (Å²) in [4.78, 5) is 24.9. The van der Waals surface area contributed by atoms with Gasteiger partial charge in [0.15, 0.2) is 0 Å². The number of aromatic nitrogens is 4. The molecule has 0 radical (unpaired) electrons. The van der Waals surface area contributed by atoms with E-state index >= 15 is 0 Å². The smallest absolute Gasteiger partial charge is 0.253 e. The van der Waals surface area contributed by atoms with Crippen LogP contribution in [0.3, 0.4) is 0 Å². The van der Waals surface area contributed by atoms with Crippen molar-refractivity contribution in [3.8, 4) is 11.1 Å². The molecule has 0 saturated heterocycles. The summed E-state index contributed by atoms with van der Waals surface area (Å²) in [6.07, 6.45) is 7.14. The number of benzene rings is 2. The Kier molecular flexibility index (Phi) is 4.09. The molecule has 0 unspecified atom stereocenters. The molecule has 0 bridgehead atoms. The van der Waals surface area contributed by atoms with Crippen molar-refractivity contribution in [1.29, 1.82) is 0 Å². The zero-order valence-electron chi connectivity index (χ0n) is 15.9. The topological polar surface area (TPSA) is 75.6 Å². The molecule has 5 aromatic rings. The number of nitrogens with one attached hydrogen (secondary N) is 2. The van der Waals surface area contributed by atoms with Crippen molar-refractivity contribution in [1.82, 2.24) is 24.8 Å². The second kappa shape index (κ2) is 6.91. The first-order valence-corrected chi connectivity index (χ1v) is 9.39. The van der Waals surface area contributed by atoms with E-state index in [2.05, 4.69) is 32.4 Å². The van der Waals surface area contributed by atoms with E-state index in [1.54, 1.807) is 18.7 Å². The first-order chi connectivity index (χ1) is 14.2. The van der Waals surface area contributed by atoms with Gasteiger partial charge in [-0.25, -0.2) is 4.98 Å². The number of hydrogen-bond acceptors (Lipinski definition) is 3. The highest BCUT2D eigenvalue weighted by atomic mass is 16.1. The number of carbonyl (C=O) groups is 1. The fourth-order valence-electron chi connectivity index (χ4n) is 3.74. The Labute approximate surface area is 167 Å². The van der Waals surface area contributed by atoms with Crippen LogP contribution < -0.4 is 5.32 Å². The third-order valence-corrected chi connectivity index (χ3v) is 5.14. The van der Waals surface area contributed by atoms with Crippen LogP contribution in [0.15, 0.2) is 73.4 Å². The van der Waals surface area contributed by atoms with Crippen LogP contribution in [0.4, 0.5) is 0 Å². The Morgan fingerprint density at radius 1 is 1.17 bits per heavy atom. The molecule has 0 aliphatic heterocycles. The maximum Gasteiger partial charge on any atom is 0.253 e. The van der Waals surface area contributed by atoms with E-state index in [9.17, 15) is 4.79 Å². The number of fused-ring (bicyclic) bond motifs is 2. The zero-order chi connectivity index (χ0) is 19.8. The highest BCUT2D eigenvalue weighted by Crippen LogP contribution is 2.32. The summed E-state index contributed by atoms with van der Waals surface area (Å²) in [6.45, 7) is 0.420. The number of carbonyl (C=O) groups excluding carboxylic acids is 1. The zero-order valence-corrected chi connectivity index (χ0v) is 15.9. The molecule has 6 nitrogen and oxygen atoms in total. The van der Waals surface area contributed by atoms with Crippen LogP contribution in [0.2, 0.25) is 0 Å². The average molecular weight is 381 g/mol. The number of aryl methyl sites for hydroxylation is 1. The van der Waals surface area contributed by atoms with Gasteiger partial charge in [-0.1, -0.05) is 18.2 Å². The van der Waals surface area contributed by atoms with Crippen molar-refractivity contribution in [2.75, 3.05) is 0 Å². The molecule has 2 aromatic carbocycles. The van der Waals surface area contributed by atoms with Gasteiger partial charge in [-0.3, -0.25) is 9.78 Å². The summed E-state index contributed by atoms with van der Waals surface area (Å²) in [5.74, 6) is -0.134. The van der Waals surface area contributed by atoms with Crippen LogP contribution in [0, 0.1) is 0 Å². The van der Waals surface area contributed by atoms with Crippen LogP contribution in [-0.2, 0) is 13.6 Å². The van der Waals surface area contributed by atoms with Gasteiger partial charge in [-0.05, 0) is 47.0 Å². The molecule has 3 heterocycles. The lowest BCUT2D eigenvalue weighted by atomic mass is 9.98. The van der Waals surface area contributed by atoms with Crippen LogP contribution >= 0.6 is 0 Å². The Hall–Kier alpha value is -3.93. The fourth-order valence-corrected chi connectivity index (χ4v) is 3.74. The van der Waals surface area contributed by atoms with Gasteiger partial charge in [0, 0.05) is 43.1 Å². The first-order valence-electron chi connectivity index (χ1n) is 9.39. The Morgan fingerprint density at radius 2 is 2.10 bits per heavy atom. The number of nitrogens with zero attached hydrogens (tertiary/aromatic N) is 3. The van der Waals surface area contributed by atoms with Gasteiger partial charge in [0.25, 0.3) is 5.91 Å². The maximum atomic E-state index is 13.1. The summed E-state index contributed by atoms with van der Waals surface area (Å²) in [6, 6.07) is 16.0. The Morgan fingerprint density at radius 3 is 2.97 bits per heavy atom. The van der Waals surface area contributed by atoms with Gasteiger partial charge < -0.3 is 14.9 Å². The monoisotopic (exact) mass is 381 g/mol. The van der Waals surface area contributed by atoms with E-state index in [0.29, 0.717) is 12.1 Å². The molecule has 0 saturated carbocycles. The van der Waals surface area contributed by atoms with Gasteiger partial charge in [0.05, 0.1) is 22.9 Å². The number of aromatic amines is 1.